The molecule has 0 bridgehead atoms. The summed E-state index contributed by atoms with van der Waals surface area (Å²) in [5.41, 5.74) is 0. The summed E-state index contributed by atoms with van der Waals surface area (Å²) in [6, 6.07) is 0. The van der Waals surface area contributed by atoms with Gasteiger partial charge >= 0.3 is 0 Å². The molecule has 0 saturated carbocycles. The third kappa shape index (κ3) is 2.06. The number of ether oxygens (including phenoxy) is 2. The van der Waals surface area contributed by atoms with Crippen molar-refractivity contribution >= 4 is 0 Å². The predicted molar refractivity (Wildman–Crippen MR) is 47.5 cm³/mol. The molecule has 1 saturated heterocycles. The number of halogens is 1. The fourth-order valence-electron chi connectivity index (χ4n) is 1.69. The summed E-state index contributed by atoms with van der Waals surface area (Å²) >= 11 is 0. The molecule has 1 rings (SSSR count). The van der Waals surface area contributed by atoms with Gasteiger partial charge in [0.05, 0.1) is 6.61 Å². The van der Waals surface area contributed by atoms with Crippen LogP contribution in [0, 0.1) is 0 Å². The van der Waals surface area contributed by atoms with E-state index in [9.17, 15) is 14.6 Å². The van der Waals surface area contributed by atoms with Crippen LogP contribution in [0.3, 0.4) is 0 Å². The molecule has 4 atom stereocenters. The van der Waals surface area contributed by atoms with Gasteiger partial charge in [-0.1, -0.05) is 13.3 Å². The molecule has 0 aliphatic carbocycles. The highest BCUT2D eigenvalue weighted by molar-refractivity contribution is 4.95. The van der Waals surface area contributed by atoms with Gasteiger partial charge in [0.2, 0.25) is 5.85 Å². The lowest BCUT2D eigenvalue weighted by Crippen LogP contribution is -2.39. The van der Waals surface area contributed by atoms with Crippen molar-refractivity contribution in [1.29, 1.82) is 0 Å². The average molecular weight is 208 g/mol. The Kier molecular flexibility index (Phi) is 3.83. The standard InChI is InChI=1S/C9H17FO4/c1-3-4-9(10)8(12)7(11)6(14-9)5-13-2/h6-8,11-12H,3-5H2,1-2H3/t6-,7-,8-,9-/m1/s1. The monoisotopic (exact) mass is 208 g/mol. The second-order valence-electron chi connectivity index (χ2n) is 3.58. The van der Waals surface area contributed by atoms with E-state index in [0.717, 1.165) is 0 Å². The molecule has 0 aromatic carbocycles. The Morgan fingerprint density at radius 3 is 2.64 bits per heavy atom. The molecule has 0 radical (unpaired) electrons. The molecule has 14 heavy (non-hydrogen) atoms. The molecule has 1 aliphatic heterocycles. The van der Waals surface area contributed by atoms with Crippen LogP contribution >= 0.6 is 0 Å². The van der Waals surface area contributed by atoms with E-state index in [0.29, 0.717) is 6.42 Å². The number of aliphatic hydroxyl groups excluding tert-OH is 2. The first kappa shape index (κ1) is 11.8. The highest BCUT2D eigenvalue weighted by Gasteiger charge is 2.54. The van der Waals surface area contributed by atoms with Crippen LogP contribution in [-0.2, 0) is 9.47 Å². The molecule has 1 aliphatic rings. The summed E-state index contributed by atoms with van der Waals surface area (Å²) in [6.07, 6.45) is -2.87. The van der Waals surface area contributed by atoms with Gasteiger partial charge in [0.25, 0.3) is 0 Å². The van der Waals surface area contributed by atoms with Crippen molar-refractivity contribution in [3.8, 4) is 0 Å². The van der Waals surface area contributed by atoms with Crippen molar-refractivity contribution in [2.45, 2.75) is 43.9 Å². The Balaban J connectivity index is 2.65. The fraction of sp³-hybridized carbons (Fsp3) is 1.00. The Morgan fingerprint density at radius 1 is 1.50 bits per heavy atom. The first-order valence-electron chi connectivity index (χ1n) is 4.77. The van der Waals surface area contributed by atoms with Gasteiger partial charge < -0.3 is 19.7 Å². The minimum absolute atomic E-state index is 0.0748. The Labute approximate surface area is 82.6 Å². The van der Waals surface area contributed by atoms with Crippen LogP contribution in [0.5, 0.6) is 0 Å². The normalized spacial score (nSPS) is 43.1. The Morgan fingerprint density at radius 2 is 2.14 bits per heavy atom. The number of hydrogen-bond acceptors (Lipinski definition) is 4. The van der Waals surface area contributed by atoms with Gasteiger partial charge in [-0.05, 0) is 0 Å². The lowest BCUT2D eigenvalue weighted by atomic mass is 10.0. The van der Waals surface area contributed by atoms with Crippen molar-refractivity contribution in [3.05, 3.63) is 0 Å². The van der Waals surface area contributed by atoms with Crippen molar-refractivity contribution in [2.75, 3.05) is 13.7 Å². The van der Waals surface area contributed by atoms with E-state index in [1.54, 1.807) is 6.92 Å². The summed E-state index contributed by atoms with van der Waals surface area (Å²) in [7, 11) is 1.43. The second kappa shape index (κ2) is 4.53. The van der Waals surface area contributed by atoms with E-state index in [1.165, 1.54) is 7.11 Å². The first-order chi connectivity index (χ1) is 6.55. The molecular formula is C9H17FO4. The molecule has 0 aromatic heterocycles. The van der Waals surface area contributed by atoms with Crippen LogP contribution in [0.15, 0.2) is 0 Å². The molecule has 1 fully saturated rings. The van der Waals surface area contributed by atoms with Crippen molar-refractivity contribution in [2.24, 2.45) is 0 Å². The quantitative estimate of drug-likeness (QED) is 0.694. The van der Waals surface area contributed by atoms with E-state index in [2.05, 4.69) is 0 Å². The zero-order valence-electron chi connectivity index (χ0n) is 8.44. The number of aliphatic hydroxyl groups is 2. The predicted octanol–water partition coefficient (Wildman–Crippen LogP) is 0.219. The largest absolute Gasteiger partial charge is 0.387 e. The fourth-order valence-corrected chi connectivity index (χ4v) is 1.69. The van der Waals surface area contributed by atoms with E-state index in [4.69, 9.17) is 9.47 Å². The summed E-state index contributed by atoms with van der Waals surface area (Å²) in [4.78, 5) is 0. The third-order valence-corrected chi connectivity index (χ3v) is 2.42. The molecule has 5 heteroatoms. The first-order valence-corrected chi connectivity index (χ1v) is 4.77. The molecule has 0 unspecified atom stereocenters. The highest BCUT2D eigenvalue weighted by Crippen LogP contribution is 2.36. The van der Waals surface area contributed by atoms with Crippen LogP contribution in [0.2, 0.25) is 0 Å². The van der Waals surface area contributed by atoms with Gasteiger partial charge in [-0.2, -0.15) is 0 Å². The lowest BCUT2D eigenvalue weighted by Gasteiger charge is -2.22. The summed E-state index contributed by atoms with van der Waals surface area (Å²) in [5.74, 6) is -2.13. The average Bonchev–Trinajstić information content (AvgIpc) is 2.33. The maximum Gasteiger partial charge on any atom is 0.238 e. The van der Waals surface area contributed by atoms with E-state index in [-0.39, 0.29) is 13.0 Å². The van der Waals surface area contributed by atoms with Gasteiger partial charge in [-0.25, -0.2) is 4.39 Å². The van der Waals surface area contributed by atoms with Gasteiger partial charge in [0, 0.05) is 13.5 Å². The minimum atomic E-state index is -2.13. The third-order valence-electron chi connectivity index (χ3n) is 2.42. The number of rotatable bonds is 4. The SMILES string of the molecule is CCC[C@@]1(F)O[C@H](COC)[C@@H](O)[C@H]1O. The van der Waals surface area contributed by atoms with Crippen LogP contribution in [0.4, 0.5) is 4.39 Å². The Hall–Kier alpha value is -0.230. The molecule has 84 valence electrons. The van der Waals surface area contributed by atoms with Gasteiger partial charge in [-0.3, -0.25) is 0 Å². The molecule has 2 N–H and O–H groups in total. The molecule has 0 spiro atoms. The van der Waals surface area contributed by atoms with E-state index < -0.39 is 24.2 Å². The molecule has 4 nitrogen and oxygen atoms in total. The molecule has 0 aromatic rings. The zero-order chi connectivity index (χ0) is 10.8. The number of alkyl halides is 1. The highest BCUT2D eigenvalue weighted by atomic mass is 19.2. The van der Waals surface area contributed by atoms with Crippen LogP contribution in [0.25, 0.3) is 0 Å². The van der Waals surface area contributed by atoms with E-state index in [1.807, 2.05) is 0 Å². The maximum atomic E-state index is 13.8. The van der Waals surface area contributed by atoms with Crippen LogP contribution < -0.4 is 0 Å². The smallest absolute Gasteiger partial charge is 0.238 e. The molecular weight excluding hydrogens is 191 g/mol. The van der Waals surface area contributed by atoms with Gasteiger partial charge in [-0.15, -0.1) is 0 Å². The number of hydrogen-bond donors (Lipinski definition) is 2. The van der Waals surface area contributed by atoms with Crippen LogP contribution in [0.1, 0.15) is 19.8 Å². The molecule has 0 amide bonds. The topological polar surface area (TPSA) is 58.9 Å². The summed E-state index contributed by atoms with van der Waals surface area (Å²) < 4.78 is 23.6. The zero-order valence-corrected chi connectivity index (χ0v) is 8.44. The second-order valence-corrected chi connectivity index (χ2v) is 3.58. The van der Waals surface area contributed by atoms with Crippen molar-refractivity contribution in [3.63, 3.8) is 0 Å². The van der Waals surface area contributed by atoms with E-state index >= 15 is 0 Å². The minimum Gasteiger partial charge on any atom is -0.387 e. The summed E-state index contributed by atoms with van der Waals surface area (Å²) in [5, 5.41) is 18.9. The lowest BCUT2D eigenvalue weighted by molar-refractivity contribution is -0.183. The van der Waals surface area contributed by atoms with Crippen LogP contribution in [-0.4, -0.2) is 48.1 Å². The number of methoxy groups -OCH3 is 1. The Bertz CT molecular complexity index is 190. The van der Waals surface area contributed by atoms with Gasteiger partial charge in [0.1, 0.15) is 18.3 Å². The van der Waals surface area contributed by atoms with Crippen molar-refractivity contribution in [1.82, 2.24) is 0 Å². The molecule has 1 heterocycles. The summed E-state index contributed by atoms with van der Waals surface area (Å²) in [6.45, 7) is 1.86. The van der Waals surface area contributed by atoms with Crippen molar-refractivity contribution < 1.29 is 24.1 Å². The van der Waals surface area contributed by atoms with Gasteiger partial charge in [0.15, 0.2) is 0 Å². The maximum absolute atomic E-state index is 13.8.